The highest BCUT2D eigenvalue weighted by Crippen LogP contribution is 2.27. The molecule has 0 radical (unpaired) electrons. The van der Waals surface area contributed by atoms with Gasteiger partial charge in [0.15, 0.2) is 9.84 Å². The molecule has 0 aliphatic carbocycles. The number of anilines is 1. The monoisotopic (exact) mass is 403 g/mol. The molecule has 0 bridgehead atoms. The van der Waals surface area contributed by atoms with Gasteiger partial charge in [-0.25, -0.2) is 18.4 Å². The lowest BCUT2D eigenvalue weighted by Crippen LogP contribution is -2.15. The summed E-state index contributed by atoms with van der Waals surface area (Å²) in [5, 5.41) is 4.11. The first kappa shape index (κ1) is 19.1. The number of fused-ring (bicyclic) bond motifs is 1. The highest BCUT2D eigenvalue weighted by atomic mass is 32.2. The van der Waals surface area contributed by atoms with Crippen molar-refractivity contribution in [3.63, 3.8) is 0 Å². The van der Waals surface area contributed by atoms with Crippen LogP contribution in [-0.4, -0.2) is 31.2 Å². The van der Waals surface area contributed by atoms with E-state index in [0.717, 1.165) is 0 Å². The molecule has 4 aromatic rings. The van der Waals surface area contributed by atoms with Crippen molar-refractivity contribution in [1.82, 2.24) is 9.97 Å². The van der Waals surface area contributed by atoms with Gasteiger partial charge in [-0.15, -0.1) is 0 Å². The van der Waals surface area contributed by atoms with Crippen LogP contribution in [0.5, 0.6) is 0 Å². The average Bonchev–Trinajstić information content (AvgIpc) is 2.74. The summed E-state index contributed by atoms with van der Waals surface area (Å²) >= 11 is 0. The van der Waals surface area contributed by atoms with Gasteiger partial charge in [0.25, 0.3) is 0 Å². The van der Waals surface area contributed by atoms with Crippen LogP contribution in [0, 0.1) is 0 Å². The number of sulfone groups is 1. The maximum atomic E-state index is 12.0. The van der Waals surface area contributed by atoms with Gasteiger partial charge in [0.1, 0.15) is 12.1 Å². The zero-order valence-electron chi connectivity index (χ0n) is 16.0. The Hall–Kier alpha value is -3.25. The quantitative estimate of drug-likeness (QED) is 0.520. The molecule has 3 aromatic carbocycles. The standard InChI is InChI=1S/C23H21N3O2S/c1-29(27,28)19-12-13-22-20(14-19)23(26-16-25-22)24-15-21(17-8-4-2-5-9-17)18-10-6-3-7-11-18/h2-14,16,21H,15H2,1H3,(H,24,25,26). The van der Waals surface area contributed by atoms with Crippen molar-refractivity contribution in [3.8, 4) is 0 Å². The van der Waals surface area contributed by atoms with Crippen LogP contribution < -0.4 is 5.32 Å². The Morgan fingerprint density at radius 2 is 1.48 bits per heavy atom. The number of benzene rings is 3. The maximum Gasteiger partial charge on any atom is 0.175 e. The minimum atomic E-state index is -3.31. The first-order valence-corrected chi connectivity index (χ1v) is 11.2. The Morgan fingerprint density at radius 1 is 0.862 bits per heavy atom. The molecule has 1 N–H and O–H groups in total. The van der Waals surface area contributed by atoms with Crippen molar-refractivity contribution in [2.45, 2.75) is 10.8 Å². The molecule has 0 unspecified atom stereocenters. The fourth-order valence-electron chi connectivity index (χ4n) is 3.40. The second-order valence-electron chi connectivity index (χ2n) is 6.93. The highest BCUT2D eigenvalue weighted by Gasteiger charge is 2.16. The highest BCUT2D eigenvalue weighted by molar-refractivity contribution is 7.90. The van der Waals surface area contributed by atoms with Crippen LogP contribution >= 0.6 is 0 Å². The fraction of sp³-hybridized carbons (Fsp3) is 0.130. The number of rotatable bonds is 6. The van der Waals surface area contributed by atoms with Gasteiger partial charge in [-0.05, 0) is 29.3 Å². The topological polar surface area (TPSA) is 72.0 Å². The van der Waals surface area contributed by atoms with E-state index in [2.05, 4.69) is 39.6 Å². The first-order chi connectivity index (χ1) is 14.0. The molecule has 146 valence electrons. The smallest absolute Gasteiger partial charge is 0.175 e. The molecule has 0 aliphatic rings. The molecule has 0 amide bonds. The molecule has 5 nitrogen and oxygen atoms in total. The summed E-state index contributed by atoms with van der Waals surface area (Å²) in [5.74, 6) is 0.748. The maximum absolute atomic E-state index is 12.0. The molecule has 4 rings (SSSR count). The summed E-state index contributed by atoms with van der Waals surface area (Å²) in [6.45, 7) is 0.614. The summed E-state index contributed by atoms with van der Waals surface area (Å²) in [7, 11) is -3.31. The normalized spacial score (nSPS) is 11.7. The summed E-state index contributed by atoms with van der Waals surface area (Å²) in [4.78, 5) is 8.89. The van der Waals surface area contributed by atoms with E-state index in [1.165, 1.54) is 23.7 Å². The van der Waals surface area contributed by atoms with Gasteiger partial charge in [0.05, 0.1) is 10.4 Å². The largest absolute Gasteiger partial charge is 0.369 e. The van der Waals surface area contributed by atoms with E-state index in [9.17, 15) is 8.42 Å². The summed E-state index contributed by atoms with van der Waals surface area (Å²) in [5.41, 5.74) is 3.09. The third-order valence-electron chi connectivity index (χ3n) is 4.91. The van der Waals surface area contributed by atoms with E-state index in [1.807, 2.05) is 36.4 Å². The SMILES string of the molecule is CS(=O)(=O)c1ccc2ncnc(NCC(c3ccccc3)c3ccccc3)c2c1. The van der Waals surface area contributed by atoms with Crippen molar-refractivity contribution in [2.24, 2.45) is 0 Å². The zero-order valence-corrected chi connectivity index (χ0v) is 16.8. The lowest BCUT2D eigenvalue weighted by atomic mass is 9.91. The molecule has 0 fully saturated rings. The second-order valence-corrected chi connectivity index (χ2v) is 8.94. The number of nitrogens with zero attached hydrogens (tertiary/aromatic N) is 2. The first-order valence-electron chi connectivity index (χ1n) is 9.31. The summed E-state index contributed by atoms with van der Waals surface area (Å²) in [6, 6.07) is 25.5. The zero-order chi connectivity index (χ0) is 20.3. The minimum absolute atomic E-state index is 0.125. The number of aromatic nitrogens is 2. The van der Waals surface area contributed by atoms with E-state index < -0.39 is 9.84 Å². The second kappa shape index (κ2) is 8.01. The van der Waals surface area contributed by atoms with Gasteiger partial charge in [0.2, 0.25) is 0 Å². The Bertz CT molecular complexity index is 1190. The van der Waals surface area contributed by atoms with E-state index in [0.29, 0.717) is 23.3 Å². The predicted molar refractivity (Wildman–Crippen MR) is 116 cm³/mol. The van der Waals surface area contributed by atoms with Crippen LogP contribution in [0.25, 0.3) is 10.9 Å². The van der Waals surface area contributed by atoms with Gasteiger partial charge in [-0.1, -0.05) is 60.7 Å². The Labute approximate surface area is 170 Å². The lowest BCUT2D eigenvalue weighted by molar-refractivity contribution is 0.602. The lowest BCUT2D eigenvalue weighted by Gasteiger charge is -2.19. The van der Waals surface area contributed by atoms with Gasteiger partial charge in [0, 0.05) is 24.1 Å². The van der Waals surface area contributed by atoms with Crippen molar-refractivity contribution in [2.75, 3.05) is 18.1 Å². The third-order valence-corrected chi connectivity index (χ3v) is 6.02. The van der Waals surface area contributed by atoms with Gasteiger partial charge < -0.3 is 5.32 Å². The molecule has 1 aromatic heterocycles. The predicted octanol–water partition coefficient (Wildman–Crippen LogP) is 4.28. The van der Waals surface area contributed by atoms with E-state index in [4.69, 9.17) is 0 Å². The molecular formula is C23H21N3O2S. The number of hydrogen-bond donors (Lipinski definition) is 1. The van der Waals surface area contributed by atoms with Gasteiger partial charge in [-0.2, -0.15) is 0 Å². The Morgan fingerprint density at radius 3 is 2.07 bits per heavy atom. The van der Waals surface area contributed by atoms with Gasteiger partial charge >= 0.3 is 0 Å². The van der Waals surface area contributed by atoms with Crippen molar-refractivity contribution >= 4 is 26.6 Å². The minimum Gasteiger partial charge on any atom is -0.369 e. The van der Waals surface area contributed by atoms with Crippen molar-refractivity contribution < 1.29 is 8.42 Å². The number of hydrogen-bond acceptors (Lipinski definition) is 5. The van der Waals surface area contributed by atoms with E-state index >= 15 is 0 Å². The Balaban J connectivity index is 1.70. The molecule has 1 heterocycles. The molecule has 0 atom stereocenters. The van der Waals surface area contributed by atoms with Crippen LogP contribution in [0.4, 0.5) is 5.82 Å². The van der Waals surface area contributed by atoms with Crippen molar-refractivity contribution in [3.05, 3.63) is 96.3 Å². The van der Waals surface area contributed by atoms with Gasteiger partial charge in [-0.3, -0.25) is 0 Å². The van der Waals surface area contributed by atoms with E-state index in [1.54, 1.807) is 18.2 Å². The summed E-state index contributed by atoms with van der Waals surface area (Å²) < 4.78 is 23.9. The molecule has 0 saturated heterocycles. The van der Waals surface area contributed by atoms with Crippen LogP contribution in [0.15, 0.2) is 90.1 Å². The van der Waals surface area contributed by atoms with E-state index in [-0.39, 0.29) is 10.8 Å². The summed E-state index contributed by atoms with van der Waals surface area (Å²) in [6.07, 6.45) is 2.69. The number of nitrogens with one attached hydrogen (secondary N) is 1. The Kier molecular flexibility index (Phi) is 5.27. The molecule has 29 heavy (non-hydrogen) atoms. The van der Waals surface area contributed by atoms with Crippen LogP contribution in [0.1, 0.15) is 17.0 Å². The fourth-order valence-corrected chi connectivity index (χ4v) is 4.05. The molecule has 6 heteroatoms. The van der Waals surface area contributed by atoms with Crippen LogP contribution in [0.2, 0.25) is 0 Å². The van der Waals surface area contributed by atoms with Crippen molar-refractivity contribution in [1.29, 1.82) is 0 Å². The third kappa shape index (κ3) is 4.27. The molecule has 0 aliphatic heterocycles. The molecular weight excluding hydrogens is 382 g/mol. The average molecular weight is 404 g/mol. The molecule has 0 saturated carbocycles. The van der Waals surface area contributed by atoms with Crippen LogP contribution in [0.3, 0.4) is 0 Å². The molecule has 0 spiro atoms. The van der Waals surface area contributed by atoms with Crippen LogP contribution in [-0.2, 0) is 9.84 Å².